The molecule has 7 heteroatoms. The van der Waals surface area contributed by atoms with Gasteiger partial charge in [-0.3, -0.25) is 4.79 Å². The van der Waals surface area contributed by atoms with E-state index in [1.165, 1.54) is 19.1 Å². The zero-order chi connectivity index (χ0) is 15.5. The molecule has 2 atom stereocenters. The van der Waals surface area contributed by atoms with Crippen LogP contribution in [0.15, 0.2) is 27.6 Å². The Morgan fingerprint density at radius 2 is 2.00 bits per heavy atom. The molecule has 2 unspecified atom stereocenters. The van der Waals surface area contributed by atoms with Gasteiger partial charge in [-0.25, -0.2) is 8.42 Å². The number of hydrogen-bond acceptors (Lipinski definition) is 4. The highest BCUT2D eigenvalue weighted by molar-refractivity contribution is 9.10. The molecule has 1 aromatic rings. The minimum atomic E-state index is -3.80. The number of carbonyl (C=O) groups is 1. The molecule has 0 fully saturated rings. The minimum absolute atomic E-state index is 0.0208. The smallest absolute Gasteiger partial charge is 0.238 e. The molecule has 5 nitrogen and oxygen atoms in total. The molecule has 0 heterocycles. The van der Waals surface area contributed by atoms with E-state index in [0.29, 0.717) is 4.47 Å². The fourth-order valence-electron chi connectivity index (χ4n) is 1.57. The largest absolute Gasteiger partial charge is 0.398 e. The van der Waals surface area contributed by atoms with Crippen molar-refractivity contribution in [2.24, 2.45) is 0 Å². The fourth-order valence-corrected chi connectivity index (χ4v) is 3.33. The number of nitrogens with one attached hydrogen (secondary N) is 1. The molecule has 0 saturated heterocycles. The van der Waals surface area contributed by atoms with Crippen LogP contribution >= 0.6 is 15.9 Å². The number of amides is 1. The Bertz CT molecular complexity index is 602. The Kier molecular flexibility index (Phi) is 5.59. The first-order valence-corrected chi connectivity index (χ1v) is 8.63. The maximum absolute atomic E-state index is 12.4. The summed E-state index contributed by atoms with van der Waals surface area (Å²) in [5, 5.41) is 1.49. The maximum atomic E-state index is 12.4. The summed E-state index contributed by atoms with van der Waals surface area (Å²) in [5.41, 5.74) is 5.86. The van der Waals surface area contributed by atoms with Crippen molar-refractivity contribution in [3.8, 4) is 0 Å². The summed E-state index contributed by atoms with van der Waals surface area (Å²) < 4.78 is 25.5. The van der Waals surface area contributed by atoms with E-state index in [0.717, 1.165) is 6.42 Å². The molecule has 0 aliphatic heterocycles. The second kappa shape index (κ2) is 6.58. The molecule has 0 spiro atoms. The van der Waals surface area contributed by atoms with Gasteiger partial charge in [0, 0.05) is 10.5 Å². The van der Waals surface area contributed by atoms with Gasteiger partial charge >= 0.3 is 0 Å². The van der Waals surface area contributed by atoms with Crippen molar-refractivity contribution in [3.63, 3.8) is 0 Å². The Labute approximate surface area is 128 Å². The molecule has 1 aromatic carbocycles. The van der Waals surface area contributed by atoms with Gasteiger partial charge in [0.2, 0.25) is 5.91 Å². The second-order valence-corrected chi connectivity index (χ2v) is 7.84. The van der Waals surface area contributed by atoms with Crippen molar-refractivity contribution in [3.05, 3.63) is 22.7 Å². The van der Waals surface area contributed by atoms with Crippen molar-refractivity contribution in [1.29, 1.82) is 0 Å². The average molecular weight is 363 g/mol. The van der Waals surface area contributed by atoms with Crippen LogP contribution in [0.25, 0.3) is 0 Å². The van der Waals surface area contributed by atoms with Gasteiger partial charge in [-0.15, -0.1) is 0 Å². The number of sulfone groups is 1. The van der Waals surface area contributed by atoms with Crippen LogP contribution in [0.2, 0.25) is 0 Å². The molecular weight excluding hydrogens is 344 g/mol. The summed E-state index contributed by atoms with van der Waals surface area (Å²) in [4.78, 5) is 11.9. The molecule has 20 heavy (non-hydrogen) atoms. The maximum Gasteiger partial charge on any atom is 0.238 e. The Morgan fingerprint density at radius 3 is 2.50 bits per heavy atom. The average Bonchev–Trinajstić information content (AvgIpc) is 2.36. The lowest BCUT2D eigenvalue weighted by atomic mass is 10.2. The van der Waals surface area contributed by atoms with Gasteiger partial charge in [-0.1, -0.05) is 22.9 Å². The van der Waals surface area contributed by atoms with Crippen molar-refractivity contribution in [2.45, 2.75) is 43.4 Å². The summed E-state index contributed by atoms with van der Waals surface area (Å²) in [5.74, 6) is -0.512. The van der Waals surface area contributed by atoms with E-state index >= 15 is 0 Å². The van der Waals surface area contributed by atoms with Crippen LogP contribution in [0.1, 0.15) is 27.2 Å². The number of benzene rings is 1. The monoisotopic (exact) mass is 362 g/mol. The molecule has 0 aromatic heterocycles. The van der Waals surface area contributed by atoms with Gasteiger partial charge in [-0.2, -0.15) is 0 Å². The Morgan fingerprint density at radius 1 is 1.40 bits per heavy atom. The van der Waals surface area contributed by atoms with Crippen LogP contribution < -0.4 is 11.1 Å². The number of halogens is 1. The first kappa shape index (κ1) is 17.0. The highest BCUT2D eigenvalue weighted by Gasteiger charge is 2.31. The van der Waals surface area contributed by atoms with Gasteiger partial charge in [-0.05, 0) is 38.5 Å². The van der Waals surface area contributed by atoms with Crippen LogP contribution in [0.4, 0.5) is 5.69 Å². The lowest BCUT2D eigenvalue weighted by Gasteiger charge is -2.17. The van der Waals surface area contributed by atoms with Crippen LogP contribution in [-0.2, 0) is 14.6 Å². The van der Waals surface area contributed by atoms with Gasteiger partial charge in [0.25, 0.3) is 0 Å². The third kappa shape index (κ3) is 3.73. The number of hydrogen-bond donors (Lipinski definition) is 2. The van der Waals surface area contributed by atoms with Crippen molar-refractivity contribution in [1.82, 2.24) is 5.32 Å². The van der Waals surface area contributed by atoms with E-state index < -0.39 is 21.0 Å². The van der Waals surface area contributed by atoms with E-state index in [2.05, 4.69) is 21.2 Å². The molecule has 0 bridgehead atoms. The first-order valence-electron chi connectivity index (χ1n) is 6.29. The number of anilines is 1. The van der Waals surface area contributed by atoms with Crippen LogP contribution in [0.3, 0.4) is 0 Å². The number of nitrogens with two attached hydrogens (primary N) is 1. The van der Waals surface area contributed by atoms with Crippen molar-refractivity contribution in [2.75, 3.05) is 5.73 Å². The Balaban J connectivity index is 3.07. The first-order chi connectivity index (χ1) is 9.20. The van der Waals surface area contributed by atoms with E-state index in [1.54, 1.807) is 6.07 Å². The van der Waals surface area contributed by atoms with Gasteiger partial charge in [0.15, 0.2) is 9.84 Å². The molecule has 1 rings (SSSR count). The van der Waals surface area contributed by atoms with E-state index in [1.807, 2.05) is 13.8 Å². The third-order valence-electron chi connectivity index (χ3n) is 3.11. The molecule has 0 saturated carbocycles. The molecule has 1 amide bonds. The van der Waals surface area contributed by atoms with Gasteiger partial charge < -0.3 is 11.1 Å². The van der Waals surface area contributed by atoms with Crippen molar-refractivity contribution >= 4 is 37.4 Å². The fraction of sp³-hybridized carbons (Fsp3) is 0.462. The second-order valence-electron chi connectivity index (χ2n) is 4.69. The van der Waals surface area contributed by atoms with Crippen LogP contribution in [0, 0.1) is 0 Å². The van der Waals surface area contributed by atoms with Crippen LogP contribution in [0.5, 0.6) is 0 Å². The van der Waals surface area contributed by atoms with Crippen molar-refractivity contribution < 1.29 is 13.2 Å². The molecular formula is C13H19BrN2O3S. The summed E-state index contributed by atoms with van der Waals surface area (Å²) in [6, 6.07) is 4.43. The summed E-state index contributed by atoms with van der Waals surface area (Å²) >= 11 is 3.22. The minimum Gasteiger partial charge on any atom is -0.398 e. The summed E-state index contributed by atoms with van der Waals surface area (Å²) in [6.45, 7) is 5.11. The van der Waals surface area contributed by atoms with E-state index in [9.17, 15) is 13.2 Å². The van der Waals surface area contributed by atoms with Crippen LogP contribution in [-0.4, -0.2) is 25.6 Å². The standard InChI is InChI=1S/C13H19BrN2O3S/c1-4-8(2)16-13(17)9(3)20(18,19)12-6-5-10(14)7-11(12)15/h5-9H,4,15H2,1-3H3,(H,16,17). The topological polar surface area (TPSA) is 89.3 Å². The number of carbonyl (C=O) groups excluding carboxylic acids is 1. The normalized spacial score (nSPS) is 14.6. The van der Waals surface area contributed by atoms with E-state index in [-0.39, 0.29) is 16.6 Å². The zero-order valence-corrected chi connectivity index (χ0v) is 14.1. The highest BCUT2D eigenvalue weighted by Crippen LogP contribution is 2.26. The molecule has 0 aliphatic rings. The molecule has 0 radical (unpaired) electrons. The summed E-state index contributed by atoms with van der Waals surface area (Å²) in [6.07, 6.45) is 0.735. The zero-order valence-electron chi connectivity index (χ0n) is 11.7. The molecule has 112 valence electrons. The van der Waals surface area contributed by atoms with Gasteiger partial charge in [0.1, 0.15) is 5.25 Å². The lowest BCUT2D eigenvalue weighted by molar-refractivity contribution is -0.121. The summed E-state index contributed by atoms with van der Waals surface area (Å²) in [7, 11) is -3.80. The highest BCUT2D eigenvalue weighted by atomic mass is 79.9. The Hall–Kier alpha value is -1.08. The lowest BCUT2D eigenvalue weighted by Crippen LogP contribution is -2.42. The predicted octanol–water partition coefficient (Wildman–Crippen LogP) is 2.11. The molecule has 0 aliphatic carbocycles. The third-order valence-corrected chi connectivity index (χ3v) is 5.74. The number of nitrogen functional groups attached to an aromatic ring is 1. The number of rotatable bonds is 5. The quantitative estimate of drug-likeness (QED) is 0.784. The predicted molar refractivity (Wildman–Crippen MR) is 83.1 cm³/mol. The molecule has 3 N–H and O–H groups in total. The van der Waals surface area contributed by atoms with Gasteiger partial charge in [0.05, 0.1) is 10.6 Å². The van der Waals surface area contributed by atoms with E-state index in [4.69, 9.17) is 5.73 Å². The SMILES string of the molecule is CCC(C)NC(=O)C(C)S(=O)(=O)c1ccc(Br)cc1N.